The van der Waals surface area contributed by atoms with E-state index < -0.39 is 0 Å². The number of nitrogens with zero attached hydrogens (tertiary/aromatic N) is 3. The Bertz CT molecular complexity index is 1010. The van der Waals surface area contributed by atoms with Crippen molar-refractivity contribution in [1.29, 1.82) is 0 Å². The molecule has 2 aromatic carbocycles. The van der Waals surface area contributed by atoms with E-state index in [0.29, 0.717) is 44.5 Å². The van der Waals surface area contributed by atoms with E-state index in [2.05, 4.69) is 32.3 Å². The average molecular weight is 406 g/mol. The Morgan fingerprint density at radius 3 is 2.80 bits per heavy atom. The number of hydrogen-bond acceptors (Lipinski definition) is 6. The number of aryl methyl sites for hydroxylation is 1. The van der Waals surface area contributed by atoms with E-state index in [9.17, 15) is 4.79 Å². The summed E-state index contributed by atoms with van der Waals surface area (Å²) in [6, 6.07) is 16.0. The summed E-state index contributed by atoms with van der Waals surface area (Å²) in [5, 5.41) is 5.17. The van der Waals surface area contributed by atoms with E-state index in [1.54, 1.807) is 0 Å². The lowest BCUT2D eigenvalue weighted by Crippen LogP contribution is -2.37. The van der Waals surface area contributed by atoms with Gasteiger partial charge in [0, 0.05) is 19.2 Å². The maximum Gasteiger partial charge on any atom is 0.224 e. The molecule has 7 heteroatoms. The Morgan fingerprint density at radius 2 is 1.93 bits per heavy atom. The van der Waals surface area contributed by atoms with Gasteiger partial charge in [-0.2, -0.15) is 4.98 Å². The maximum absolute atomic E-state index is 12.4. The molecular formula is C23H26N4O3. The van der Waals surface area contributed by atoms with Crippen LogP contribution in [-0.2, 0) is 16.0 Å². The number of nitrogens with one attached hydrogen (secondary N) is 1. The summed E-state index contributed by atoms with van der Waals surface area (Å²) in [6.45, 7) is 5.62. The molecule has 0 aliphatic carbocycles. The van der Waals surface area contributed by atoms with Crippen molar-refractivity contribution in [2.24, 2.45) is 0 Å². The van der Waals surface area contributed by atoms with Crippen molar-refractivity contribution in [3.8, 4) is 5.88 Å². The number of amides is 1. The van der Waals surface area contributed by atoms with Crippen molar-refractivity contribution in [3.63, 3.8) is 0 Å². The second kappa shape index (κ2) is 9.54. The van der Waals surface area contributed by atoms with Crippen LogP contribution < -0.4 is 15.0 Å². The molecule has 0 spiro atoms. The van der Waals surface area contributed by atoms with Crippen LogP contribution in [0.3, 0.4) is 0 Å². The SMILES string of the molecule is Cc1nc(OCCNC(=O)Cc2cccc3ccccc23)cc(N2CCOCC2)n1. The fourth-order valence-electron chi connectivity index (χ4n) is 3.58. The number of fused-ring (bicyclic) bond motifs is 1. The van der Waals surface area contributed by atoms with Gasteiger partial charge in [0.05, 0.1) is 26.2 Å². The van der Waals surface area contributed by atoms with Crippen LogP contribution in [0.4, 0.5) is 5.82 Å². The molecule has 2 heterocycles. The summed E-state index contributed by atoms with van der Waals surface area (Å²) in [6.07, 6.45) is 0.342. The van der Waals surface area contributed by atoms with Gasteiger partial charge in [0.25, 0.3) is 0 Å². The Kier molecular flexibility index (Phi) is 6.39. The third-order valence-electron chi connectivity index (χ3n) is 5.04. The minimum absolute atomic E-state index is 0.0252. The Morgan fingerprint density at radius 1 is 1.13 bits per heavy atom. The first-order chi connectivity index (χ1) is 14.7. The average Bonchev–Trinajstić information content (AvgIpc) is 2.77. The molecule has 4 rings (SSSR count). The van der Waals surface area contributed by atoms with Gasteiger partial charge in [0.2, 0.25) is 11.8 Å². The van der Waals surface area contributed by atoms with Crippen molar-refractivity contribution in [1.82, 2.24) is 15.3 Å². The van der Waals surface area contributed by atoms with Gasteiger partial charge in [-0.15, -0.1) is 0 Å². The normalized spacial score (nSPS) is 14.0. The lowest BCUT2D eigenvalue weighted by atomic mass is 10.0. The lowest BCUT2D eigenvalue weighted by Gasteiger charge is -2.28. The van der Waals surface area contributed by atoms with Gasteiger partial charge in [0.1, 0.15) is 18.2 Å². The Hall–Kier alpha value is -3.19. The van der Waals surface area contributed by atoms with E-state index in [4.69, 9.17) is 9.47 Å². The first-order valence-electron chi connectivity index (χ1n) is 10.2. The molecule has 0 saturated carbocycles. The minimum Gasteiger partial charge on any atom is -0.476 e. The van der Waals surface area contributed by atoms with Gasteiger partial charge in [-0.3, -0.25) is 4.79 Å². The largest absolute Gasteiger partial charge is 0.476 e. The van der Waals surface area contributed by atoms with Crippen LogP contribution in [-0.4, -0.2) is 55.3 Å². The number of carbonyl (C=O) groups excluding carboxylic acids is 1. The molecule has 156 valence electrons. The molecule has 0 bridgehead atoms. The summed E-state index contributed by atoms with van der Waals surface area (Å²) in [7, 11) is 0. The number of benzene rings is 2. The van der Waals surface area contributed by atoms with E-state index in [0.717, 1.165) is 35.2 Å². The molecule has 30 heavy (non-hydrogen) atoms. The first-order valence-corrected chi connectivity index (χ1v) is 10.2. The van der Waals surface area contributed by atoms with E-state index >= 15 is 0 Å². The van der Waals surface area contributed by atoms with Crippen molar-refractivity contribution < 1.29 is 14.3 Å². The summed E-state index contributed by atoms with van der Waals surface area (Å²) in [4.78, 5) is 23.4. The molecule has 1 aromatic heterocycles. The zero-order chi connectivity index (χ0) is 20.8. The fraction of sp³-hybridized carbons (Fsp3) is 0.348. The molecule has 1 N–H and O–H groups in total. The Labute approximate surface area is 176 Å². The monoisotopic (exact) mass is 406 g/mol. The van der Waals surface area contributed by atoms with Crippen molar-refractivity contribution in [2.75, 3.05) is 44.4 Å². The van der Waals surface area contributed by atoms with Gasteiger partial charge in [0.15, 0.2) is 0 Å². The molecule has 0 atom stereocenters. The summed E-state index contributed by atoms with van der Waals surface area (Å²) < 4.78 is 11.2. The number of hydrogen-bond donors (Lipinski definition) is 1. The highest BCUT2D eigenvalue weighted by Crippen LogP contribution is 2.19. The second-order valence-electron chi connectivity index (χ2n) is 7.22. The molecule has 0 unspecified atom stereocenters. The highest BCUT2D eigenvalue weighted by Gasteiger charge is 2.14. The number of carbonyl (C=O) groups is 1. The van der Waals surface area contributed by atoms with E-state index in [1.807, 2.05) is 43.3 Å². The number of rotatable bonds is 7. The summed E-state index contributed by atoms with van der Waals surface area (Å²) >= 11 is 0. The predicted molar refractivity (Wildman–Crippen MR) is 116 cm³/mol. The molecule has 0 radical (unpaired) electrons. The smallest absolute Gasteiger partial charge is 0.224 e. The van der Waals surface area contributed by atoms with Crippen LogP contribution in [0, 0.1) is 6.92 Å². The van der Waals surface area contributed by atoms with Crippen molar-refractivity contribution >= 4 is 22.5 Å². The topological polar surface area (TPSA) is 76.6 Å². The molecule has 3 aromatic rings. The third kappa shape index (κ3) is 5.04. The van der Waals surface area contributed by atoms with Gasteiger partial charge in [-0.05, 0) is 23.3 Å². The number of aromatic nitrogens is 2. The van der Waals surface area contributed by atoms with Crippen LogP contribution in [0.5, 0.6) is 5.88 Å². The highest BCUT2D eigenvalue weighted by atomic mass is 16.5. The van der Waals surface area contributed by atoms with Gasteiger partial charge < -0.3 is 19.7 Å². The molecular weight excluding hydrogens is 380 g/mol. The standard InChI is InChI=1S/C23H26N4O3/c1-17-25-21(27-10-13-29-14-11-27)16-23(26-17)30-12-9-24-22(28)15-19-7-4-6-18-5-2-3-8-20(18)19/h2-8,16H,9-15H2,1H3,(H,24,28). The number of morpholine rings is 1. The van der Waals surface area contributed by atoms with Crippen LogP contribution in [0.15, 0.2) is 48.5 Å². The van der Waals surface area contributed by atoms with E-state index in [-0.39, 0.29) is 5.91 Å². The zero-order valence-electron chi connectivity index (χ0n) is 17.1. The number of ether oxygens (including phenoxy) is 2. The van der Waals surface area contributed by atoms with E-state index in [1.165, 1.54) is 0 Å². The third-order valence-corrected chi connectivity index (χ3v) is 5.04. The maximum atomic E-state index is 12.4. The van der Waals surface area contributed by atoms with Crippen LogP contribution in [0.25, 0.3) is 10.8 Å². The Balaban J connectivity index is 1.28. The predicted octanol–water partition coefficient (Wildman–Crippen LogP) is 2.51. The molecule has 7 nitrogen and oxygen atoms in total. The summed E-state index contributed by atoms with van der Waals surface area (Å²) in [5.41, 5.74) is 1.02. The molecule has 1 saturated heterocycles. The highest BCUT2D eigenvalue weighted by molar-refractivity contribution is 5.90. The number of anilines is 1. The molecule has 1 aliphatic heterocycles. The van der Waals surface area contributed by atoms with Gasteiger partial charge in [-0.1, -0.05) is 42.5 Å². The van der Waals surface area contributed by atoms with Crippen LogP contribution in [0.2, 0.25) is 0 Å². The minimum atomic E-state index is -0.0252. The molecule has 1 fully saturated rings. The van der Waals surface area contributed by atoms with Crippen molar-refractivity contribution in [3.05, 3.63) is 59.9 Å². The first kappa shape index (κ1) is 20.1. The molecule has 1 amide bonds. The van der Waals surface area contributed by atoms with Crippen LogP contribution >= 0.6 is 0 Å². The van der Waals surface area contributed by atoms with Gasteiger partial charge >= 0.3 is 0 Å². The summed E-state index contributed by atoms with van der Waals surface area (Å²) in [5.74, 6) is 2.00. The fourth-order valence-corrected chi connectivity index (χ4v) is 3.58. The van der Waals surface area contributed by atoms with Gasteiger partial charge in [-0.25, -0.2) is 4.98 Å². The zero-order valence-corrected chi connectivity index (χ0v) is 17.1. The van der Waals surface area contributed by atoms with Crippen LogP contribution in [0.1, 0.15) is 11.4 Å². The van der Waals surface area contributed by atoms with Crippen molar-refractivity contribution in [2.45, 2.75) is 13.3 Å². The lowest BCUT2D eigenvalue weighted by molar-refractivity contribution is -0.120. The molecule has 1 aliphatic rings. The second-order valence-corrected chi connectivity index (χ2v) is 7.22. The quantitative estimate of drug-likeness (QED) is 0.608.